The summed E-state index contributed by atoms with van der Waals surface area (Å²) in [6, 6.07) is 6.90. The van der Waals surface area contributed by atoms with Gasteiger partial charge in [0.25, 0.3) is 0 Å². The average Bonchev–Trinajstić information content (AvgIpc) is 2.33. The van der Waals surface area contributed by atoms with Gasteiger partial charge in [0, 0.05) is 4.83 Å². The predicted molar refractivity (Wildman–Crippen MR) is 74.0 cm³/mol. The van der Waals surface area contributed by atoms with Crippen LogP contribution in [0.5, 0.6) is 0 Å². The van der Waals surface area contributed by atoms with Crippen molar-refractivity contribution in [1.82, 2.24) is 0 Å². The van der Waals surface area contributed by atoms with E-state index in [1.54, 1.807) is 12.1 Å². The van der Waals surface area contributed by atoms with E-state index in [9.17, 15) is 4.39 Å². The molecule has 0 saturated heterocycles. The van der Waals surface area contributed by atoms with Gasteiger partial charge < -0.3 is 0 Å². The molecule has 0 N–H and O–H groups in total. The number of hydrogen-bond donors (Lipinski definition) is 0. The van der Waals surface area contributed by atoms with E-state index in [1.807, 2.05) is 12.1 Å². The molecule has 94 valence electrons. The summed E-state index contributed by atoms with van der Waals surface area (Å²) < 4.78 is 12.8. The Labute approximate surface area is 112 Å². The van der Waals surface area contributed by atoms with Crippen LogP contribution in [0, 0.1) is 11.2 Å². The second kappa shape index (κ2) is 5.51. The molecule has 0 heterocycles. The van der Waals surface area contributed by atoms with E-state index >= 15 is 0 Å². The Bertz CT molecular complexity index is 352. The highest BCUT2D eigenvalue weighted by Gasteiger charge is 2.33. The quantitative estimate of drug-likeness (QED) is 0.681. The van der Waals surface area contributed by atoms with E-state index in [0.717, 1.165) is 6.42 Å². The zero-order valence-corrected chi connectivity index (χ0v) is 12.0. The Hall–Kier alpha value is -0.370. The molecule has 2 heteroatoms. The summed E-state index contributed by atoms with van der Waals surface area (Å²) in [5, 5.41) is 0. The molecule has 0 aromatic heterocycles. The third-order valence-corrected chi connectivity index (χ3v) is 5.51. The molecule has 1 aromatic rings. The topological polar surface area (TPSA) is 0 Å². The first-order valence-electron chi connectivity index (χ1n) is 6.49. The van der Waals surface area contributed by atoms with Crippen LogP contribution in [0.1, 0.15) is 44.6 Å². The molecule has 0 amide bonds. The molecule has 0 bridgehead atoms. The van der Waals surface area contributed by atoms with E-state index < -0.39 is 0 Å². The normalized spacial score (nSPS) is 21.1. The van der Waals surface area contributed by atoms with Gasteiger partial charge in [-0.3, -0.25) is 0 Å². The molecule has 0 aliphatic heterocycles. The molecule has 0 radical (unpaired) electrons. The Morgan fingerprint density at radius 3 is 2.35 bits per heavy atom. The van der Waals surface area contributed by atoms with Gasteiger partial charge in [0.15, 0.2) is 0 Å². The summed E-state index contributed by atoms with van der Waals surface area (Å²) in [5.41, 5.74) is 1.63. The molecule has 1 unspecified atom stereocenters. The van der Waals surface area contributed by atoms with Crippen molar-refractivity contribution in [3.8, 4) is 0 Å². The van der Waals surface area contributed by atoms with Gasteiger partial charge >= 0.3 is 0 Å². The van der Waals surface area contributed by atoms with Crippen LogP contribution < -0.4 is 0 Å². The molecule has 1 aliphatic rings. The smallest absolute Gasteiger partial charge is 0.123 e. The van der Waals surface area contributed by atoms with Crippen molar-refractivity contribution >= 4 is 15.9 Å². The highest BCUT2D eigenvalue weighted by atomic mass is 79.9. The van der Waals surface area contributed by atoms with E-state index in [2.05, 4.69) is 22.9 Å². The summed E-state index contributed by atoms with van der Waals surface area (Å²) in [6.07, 6.45) is 7.70. The molecule has 1 fully saturated rings. The second-order valence-electron chi connectivity index (χ2n) is 5.51. The predicted octanol–water partition coefficient (Wildman–Crippen LogP) is 5.10. The van der Waals surface area contributed by atoms with Crippen molar-refractivity contribution in [1.29, 1.82) is 0 Å². The molecule has 17 heavy (non-hydrogen) atoms. The second-order valence-corrected chi connectivity index (χ2v) is 6.62. The maximum absolute atomic E-state index is 12.8. The highest BCUT2D eigenvalue weighted by Crippen LogP contribution is 2.43. The monoisotopic (exact) mass is 298 g/mol. The number of benzene rings is 1. The minimum absolute atomic E-state index is 0.149. The van der Waals surface area contributed by atoms with Crippen molar-refractivity contribution in [3.63, 3.8) is 0 Å². The maximum atomic E-state index is 12.8. The number of alkyl halides is 1. The maximum Gasteiger partial charge on any atom is 0.123 e. The SMILES string of the molecule is CC1(C(Br)Cc2ccc(F)cc2)CCCCC1. The molecule has 2 rings (SSSR count). The van der Waals surface area contributed by atoms with Gasteiger partial charge in [-0.2, -0.15) is 0 Å². The summed E-state index contributed by atoms with van der Waals surface area (Å²) in [4.78, 5) is 0.501. The number of hydrogen-bond acceptors (Lipinski definition) is 0. The summed E-state index contributed by atoms with van der Waals surface area (Å²) in [5.74, 6) is -0.149. The Balaban J connectivity index is 2.00. The van der Waals surface area contributed by atoms with Gasteiger partial charge in [0.2, 0.25) is 0 Å². The molecule has 0 spiro atoms. The molecule has 1 atom stereocenters. The van der Waals surface area contributed by atoms with Crippen LogP contribution in [0.15, 0.2) is 24.3 Å². The lowest BCUT2D eigenvalue weighted by Crippen LogP contribution is -2.31. The lowest BCUT2D eigenvalue weighted by atomic mass is 9.72. The van der Waals surface area contributed by atoms with Crippen LogP contribution in [-0.2, 0) is 6.42 Å². The molecule has 1 aliphatic carbocycles. The largest absolute Gasteiger partial charge is 0.207 e. The minimum atomic E-state index is -0.149. The molecule has 1 saturated carbocycles. The fraction of sp³-hybridized carbons (Fsp3) is 0.600. The van der Waals surface area contributed by atoms with Crippen LogP contribution in [0.3, 0.4) is 0 Å². The number of rotatable bonds is 3. The first kappa shape index (κ1) is 13.1. The van der Waals surface area contributed by atoms with E-state index in [1.165, 1.54) is 37.7 Å². The van der Waals surface area contributed by atoms with E-state index in [0.29, 0.717) is 10.2 Å². The lowest BCUT2D eigenvalue weighted by Gasteiger charge is -2.38. The van der Waals surface area contributed by atoms with Gasteiger partial charge in [-0.25, -0.2) is 4.39 Å². The van der Waals surface area contributed by atoms with Crippen LogP contribution in [0.4, 0.5) is 4.39 Å². The molecule has 1 aromatic carbocycles. The van der Waals surface area contributed by atoms with Crippen LogP contribution >= 0.6 is 15.9 Å². The van der Waals surface area contributed by atoms with Gasteiger partial charge in [-0.1, -0.05) is 54.2 Å². The van der Waals surface area contributed by atoms with Gasteiger partial charge in [0.05, 0.1) is 0 Å². The van der Waals surface area contributed by atoms with Gasteiger partial charge in [0.1, 0.15) is 5.82 Å². The van der Waals surface area contributed by atoms with E-state index in [-0.39, 0.29) is 5.82 Å². The first-order valence-corrected chi connectivity index (χ1v) is 7.40. The Morgan fingerprint density at radius 1 is 1.18 bits per heavy atom. The summed E-state index contributed by atoms with van der Waals surface area (Å²) in [6.45, 7) is 2.38. The first-order chi connectivity index (χ1) is 8.10. The van der Waals surface area contributed by atoms with Gasteiger partial charge in [-0.05, 0) is 42.4 Å². The van der Waals surface area contributed by atoms with Crippen molar-refractivity contribution in [2.45, 2.75) is 50.3 Å². The standard InChI is InChI=1S/C15H20BrF/c1-15(9-3-2-4-10-15)14(16)11-12-5-7-13(17)8-6-12/h5-8,14H,2-4,9-11H2,1H3. The fourth-order valence-corrected chi connectivity index (χ4v) is 3.58. The number of halogens is 2. The van der Waals surface area contributed by atoms with Crippen molar-refractivity contribution in [2.24, 2.45) is 5.41 Å². The van der Waals surface area contributed by atoms with Crippen molar-refractivity contribution in [2.75, 3.05) is 0 Å². The molecular weight excluding hydrogens is 279 g/mol. The minimum Gasteiger partial charge on any atom is -0.207 e. The van der Waals surface area contributed by atoms with Crippen molar-refractivity contribution < 1.29 is 4.39 Å². The molecule has 0 nitrogen and oxygen atoms in total. The summed E-state index contributed by atoms with van der Waals surface area (Å²) >= 11 is 3.86. The van der Waals surface area contributed by atoms with Crippen molar-refractivity contribution in [3.05, 3.63) is 35.6 Å². The zero-order chi connectivity index (χ0) is 12.3. The van der Waals surface area contributed by atoms with Crippen LogP contribution in [0.25, 0.3) is 0 Å². The van der Waals surface area contributed by atoms with Crippen LogP contribution in [0.2, 0.25) is 0 Å². The Kier molecular flexibility index (Phi) is 4.24. The third-order valence-electron chi connectivity index (χ3n) is 4.08. The van der Waals surface area contributed by atoms with Crippen LogP contribution in [-0.4, -0.2) is 4.83 Å². The third kappa shape index (κ3) is 3.31. The van der Waals surface area contributed by atoms with E-state index in [4.69, 9.17) is 0 Å². The van der Waals surface area contributed by atoms with Gasteiger partial charge in [-0.15, -0.1) is 0 Å². The highest BCUT2D eigenvalue weighted by molar-refractivity contribution is 9.09. The fourth-order valence-electron chi connectivity index (χ4n) is 2.75. The summed E-state index contributed by atoms with van der Waals surface area (Å²) in [7, 11) is 0. The average molecular weight is 299 g/mol. The molecular formula is C15H20BrF. The Morgan fingerprint density at radius 2 is 1.76 bits per heavy atom. The lowest BCUT2D eigenvalue weighted by molar-refractivity contribution is 0.211. The zero-order valence-electron chi connectivity index (χ0n) is 10.4.